The molecule has 2 aliphatic heterocycles. The average Bonchev–Trinajstić information content (AvgIpc) is 3.58. The molecule has 0 unspecified atom stereocenters. The van der Waals surface area contributed by atoms with Crippen molar-refractivity contribution in [2.45, 2.75) is 43.7 Å². The Kier molecular flexibility index (Phi) is 5.63. The number of aromatic nitrogens is 1. The van der Waals surface area contributed by atoms with Crippen molar-refractivity contribution in [1.29, 1.82) is 0 Å². The van der Waals surface area contributed by atoms with E-state index >= 15 is 0 Å². The second-order valence-electron chi connectivity index (χ2n) is 10.5. The fraction of sp³-hybridized carbons (Fsp3) is 0.500. The smallest absolute Gasteiger partial charge is 0.127 e. The highest BCUT2D eigenvalue weighted by molar-refractivity contribution is 5.87. The number of fused-ring (bicyclic) bond motifs is 4. The van der Waals surface area contributed by atoms with Gasteiger partial charge in [0.1, 0.15) is 11.6 Å². The fourth-order valence-electron chi connectivity index (χ4n) is 6.35. The number of H-pyrrole nitrogens is 1. The third-order valence-corrected chi connectivity index (χ3v) is 8.37. The summed E-state index contributed by atoms with van der Waals surface area (Å²) in [5.41, 5.74) is 4.47. The molecule has 5 nitrogen and oxygen atoms in total. The molecule has 180 valence electrons. The zero-order chi connectivity index (χ0) is 23.3. The van der Waals surface area contributed by atoms with Gasteiger partial charge in [-0.25, -0.2) is 4.39 Å². The first-order valence-corrected chi connectivity index (χ1v) is 12.6. The zero-order valence-corrected chi connectivity index (χ0v) is 19.9. The van der Waals surface area contributed by atoms with Gasteiger partial charge in [-0.15, -0.1) is 0 Å². The molecule has 0 bridgehead atoms. The Balaban J connectivity index is 1.35. The first-order valence-electron chi connectivity index (χ1n) is 12.6. The summed E-state index contributed by atoms with van der Waals surface area (Å²) in [4.78, 5) is 8.63. The van der Waals surface area contributed by atoms with Crippen LogP contribution < -0.4 is 4.74 Å². The number of halogens is 1. The molecule has 1 aliphatic carbocycles. The molecule has 6 heteroatoms. The molecule has 2 N–H and O–H groups in total. The van der Waals surface area contributed by atoms with Crippen LogP contribution in [0.2, 0.25) is 0 Å². The van der Waals surface area contributed by atoms with Gasteiger partial charge in [-0.2, -0.15) is 0 Å². The normalized spacial score (nSPS) is 22.9. The third-order valence-electron chi connectivity index (χ3n) is 8.37. The quantitative estimate of drug-likeness (QED) is 0.561. The maximum absolute atomic E-state index is 14.3. The number of nitrogens with zero attached hydrogens (tertiary/aromatic N) is 2. The number of ether oxygens (including phenoxy) is 1. The van der Waals surface area contributed by atoms with Crippen molar-refractivity contribution in [3.05, 3.63) is 65.1 Å². The Bertz CT molecular complexity index is 1180. The standard InChI is InChI=1S/C28H34FN3O2/c1-34-21-8-9-22-24(14-21)30-27-25(17-33)32(15-19-6-7-19)18-28(26(22)27)10-12-31(13-11-28)16-20-4-2-3-5-23(20)29/h2-5,8-9,14,19,25,30,33H,6-7,10-13,15-18H2,1H3/t25-/m0/s1. The van der Waals surface area contributed by atoms with E-state index in [0.29, 0.717) is 6.54 Å². The molecule has 1 saturated carbocycles. The highest BCUT2D eigenvalue weighted by Gasteiger charge is 2.48. The van der Waals surface area contributed by atoms with Gasteiger partial charge in [0, 0.05) is 53.3 Å². The molecule has 1 saturated heterocycles. The lowest BCUT2D eigenvalue weighted by molar-refractivity contribution is 0.0439. The van der Waals surface area contributed by atoms with Crippen molar-refractivity contribution in [3.63, 3.8) is 0 Å². The highest BCUT2D eigenvalue weighted by atomic mass is 19.1. The molecule has 3 aromatic rings. The van der Waals surface area contributed by atoms with Gasteiger partial charge in [0.15, 0.2) is 0 Å². The molecule has 3 heterocycles. The van der Waals surface area contributed by atoms with Crippen LogP contribution in [-0.2, 0) is 12.0 Å². The number of hydrogen-bond acceptors (Lipinski definition) is 4. The predicted octanol–water partition coefficient (Wildman–Crippen LogP) is 4.61. The molecule has 1 aromatic heterocycles. The van der Waals surface area contributed by atoms with Gasteiger partial charge in [-0.05, 0) is 68.5 Å². The van der Waals surface area contributed by atoms with E-state index in [-0.39, 0.29) is 23.9 Å². The van der Waals surface area contributed by atoms with Gasteiger partial charge in [-0.3, -0.25) is 9.80 Å². The fourth-order valence-corrected chi connectivity index (χ4v) is 6.35. The minimum Gasteiger partial charge on any atom is -0.497 e. The molecule has 6 rings (SSSR count). The molecule has 1 spiro atoms. The van der Waals surface area contributed by atoms with Crippen LogP contribution in [0.3, 0.4) is 0 Å². The minimum atomic E-state index is -0.116. The number of aromatic amines is 1. The van der Waals surface area contributed by atoms with Crippen molar-refractivity contribution in [2.24, 2.45) is 5.92 Å². The lowest BCUT2D eigenvalue weighted by atomic mass is 9.68. The van der Waals surface area contributed by atoms with Crippen LogP contribution in [0.1, 0.15) is 48.5 Å². The highest BCUT2D eigenvalue weighted by Crippen LogP contribution is 2.50. The second kappa shape index (κ2) is 8.67. The van der Waals surface area contributed by atoms with E-state index < -0.39 is 0 Å². The average molecular weight is 464 g/mol. The molecule has 34 heavy (non-hydrogen) atoms. The van der Waals surface area contributed by atoms with Gasteiger partial charge < -0.3 is 14.8 Å². The van der Waals surface area contributed by atoms with E-state index in [2.05, 4.69) is 26.9 Å². The number of benzene rings is 2. The van der Waals surface area contributed by atoms with Crippen molar-refractivity contribution in [1.82, 2.24) is 14.8 Å². The summed E-state index contributed by atoms with van der Waals surface area (Å²) in [5, 5.41) is 11.7. The Labute approximate surface area is 200 Å². The first kappa shape index (κ1) is 22.1. The number of aliphatic hydroxyl groups excluding tert-OH is 1. The summed E-state index contributed by atoms with van der Waals surface area (Å²) in [6, 6.07) is 13.4. The van der Waals surface area contributed by atoms with Gasteiger partial charge in [-0.1, -0.05) is 18.2 Å². The predicted molar refractivity (Wildman–Crippen MR) is 132 cm³/mol. The number of nitrogens with one attached hydrogen (secondary N) is 1. The van der Waals surface area contributed by atoms with Crippen LogP contribution >= 0.6 is 0 Å². The number of hydrogen-bond donors (Lipinski definition) is 2. The van der Waals surface area contributed by atoms with E-state index in [9.17, 15) is 9.50 Å². The molecule has 0 amide bonds. The van der Waals surface area contributed by atoms with E-state index in [1.165, 1.54) is 29.5 Å². The minimum absolute atomic E-state index is 0.0102. The summed E-state index contributed by atoms with van der Waals surface area (Å²) in [7, 11) is 1.70. The number of methoxy groups -OCH3 is 1. The Morgan fingerprint density at radius 2 is 1.94 bits per heavy atom. The lowest BCUT2D eigenvalue weighted by Gasteiger charge is -2.50. The summed E-state index contributed by atoms with van der Waals surface area (Å²) in [6.07, 6.45) is 4.67. The summed E-state index contributed by atoms with van der Waals surface area (Å²) < 4.78 is 19.8. The Morgan fingerprint density at radius 3 is 2.65 bits per heavy atom. The summed E-state index contributed by atoms with van der Waals surface area (Å²) in [5.74, 6) is 1.49. The molecule has 3 aliphatic rings. The molecule has 1 atom stereocenters. The summed E-state index contributed by atoms with van der Waals surface area (Å²) in [6.45, 7) is 4.71. The third kappa shape index (κ3) is 3.82. The van der Waals surface area contributed by atoms with Crippen molar-refractivity contribution in [3.8, 4) is 5.75 Å². The van der Waals surface area contributed by atoms with E-state index in [1.54, 1.807) is 19.2 Å². The van der Waals surface area contributed by atoms with Gasteiger partial charge in [0.25, 0.3) is 0 Å². The van der Waals surface area contributed by atoms with Gasteiger partial charge >= 0.3 is 0 Å². The van der Waals surface area contributed by atoms with Crippen LogP contribution in [0.4, 0.5) is 4.39 Å². The number of rotatable bonds is 6. The van der Waals surface area contributed by atoms with Crippen LogP contribution in [0, 0.1) is 11.7 Å². The maximum atomic E-state index is 14.3. The van der Waals surface area contributed by atoms with Crippen molar-refractivity contribution in [2.75, 3.05) is 39.9 Å². The topological polar surface area (TPSA) is 51.7 Å². The van der Waals surface area contributed by atoms with Gasteiger partial charge in [0.05, 0.1) is 19.8 Å². The Morgan fingerprint density at radius 1 is 1.15 bits per heavy atom. The number of piperidine rings is 1. The molecular formula is C28H34FN3O2. The van der Waals surface area contributed by atoms with E-state index in [0.717, 1.165) is 61.8 Å². The number of likely N-dealkylation sites (tertiary alicyclic amines) is 1. The van der Waals surface area contributed by atoms with Crippen LogP contribution in [0.15, 0.2) is 42.5 Å². The lowest BCUT2D eigenvalue weighted by Crippen LogP contribution is -2.54. The molecule has 2 fully saturated rings. The molecule has 2 aromatic carbocycles. The Hall–Kier alpha value is -2.41. The van der Waals surface area contributed by atoms with Crippen LogP contribution in [-0.4, -0.2) is 59.8 Å². The van der Waals surface area contributed by atoms with Gasteiger partial charge in [0.2, 0.25) is 0 Å². The largest absolute Gasteiger partial charge is 0.497 e. The molecular weight excluding hydrogens is 429 g/mol. The zero-order valence-electron chi connectivity index (χ0n) is 19.9. The van der Waals surface area contributed by atoms with E-state index in [1.807, 2.05) is 18.2 Å². The van der Waals surface area contributed by atoms with Crippen molar-refractivity contribution < 1.29 is 14.2 Å². The molecule has 0 radical (unpaired) electrons. The first-order chi connectivity index (χ1) is 16.6. The van der Waals surface area contributed by atoms with Crippen molar-refractivity contribution >= 4 is 10.9 Å². The second-order valence-corrected chi connectivity index (χ2v) is 10.5. The SMILES string of the molecule is COc1ccc2c3c([nH]c2c1)[C@H](CO)N(CC1CC1)CC31CCN(Cc2ccccc2F)CC1. The monoisotopic (exact) mass is 463 g/mol. The summed E-state index contributed by atoms with van der Waals surface area (Å²) >= 11 is 0. The number of aliphatic hydroxyl groups is 1. The maximum Gasteiger partial charge on any atom is 0.127 e. The van der Waals surface area contributed by atoms with Crippen LogP contribution in [0.5, 0.6) is 5.75 Å². The van der Waals surface area contributed by atoms with E-state index in [4.69, 9.17) is 4.74 Å². The van der Waals surface area contributed by atoms with Crippen LogP contribution in [0.25, 0.3) is 10.9 Å².